The molecule has 0 fully saturated rings. The van der Waals surface area contributed by atoms with Crippen LogP contribution in [0.25, 0.3) is 5.65 Å². The molecule has 2 N–H and O–H groups in total. The van der Waals surface area contributed by atoms with Crippen molar-refractivity contribution in [2.24, 2.45) is 0 Å². The van der Waals surface area contributed by atoms with Gasteiger partial charge in [0.1, 0.15) is 23.6 Å². The van der Waals surface area contributed by atoms with Gasteiger partial charge < -0.3 is 20.3 Å². The fourth-order valence-electron chi connectivity index (χ4n) is 3.25. The second kappa shape index (κ2) is 8.00. The number of ether oxygens (including phenoxy) is 1. The number of rotatable bonds is 7. The lowest BCUT2D eigenvalue weighted by Gasteiger charge is -2.13. The van der Waals surface area contributed by atoms with Crippen LogP contribution < -0.4 is 15.4 Å². The molecular weight excluding hydrogens is 377 g/mol. The van der Waals surface area contributed by atoms with Crippen LogP contribution in [0.5, 0.6) is 5.75 Å². The molecule has 0 atom stereocenters. The van der Waals surface area contributed by atoms with E-state index in [4.69, 9.17) is 4.74 Å². The molecule has 9 nitrogen and oxygen atoms in total. The van der Waals surface area contributed by atoms with E-state index in [-0.39, 0.29) is 18.3 Å². The Hall–Kier alpha value is -3.27. The number of nitrogens with zero attached hydrogens (tertiary/aromatic N) is 5. The molecule has 0 saturated heterocycles. The van der Waals surface area contributed by atoms with Crippen molar-refractivity contribution in [2.75, 3.05) is 37.9 Å². The van der Waals surface area contributed by atoms with Gasteiger partial charge in [0.15, 0.2) is 5.65 Å². The zero-order chi connectivity index (χ0) is 20.4. The molecule has 1 aliphatic heterocycles. The first-order chi connectivity index (χ1) is 14.0. The molecule has 1 aliphatic rings. The fraction of sp³-hybridized carbons (Fsp3) is 0.368. The molecule has 152 valence electrons. The SMILES string of the molecule is CN(C)CCC(=O)Nc1cnc(NCc2c(F)ccc3c2CCO3)n2cnnc12. The van der Waals surface area contributed by atoms with Gasteiger partial charge in [0.2, 0.25) is 11.9 Å². The highest BCUT2D eigenvalue weighted by Gasteiger charge is 2.20. The molecule has 0 saturated carbocycles. The molecule has 3 aromatic rings. The maximum absolute atomic E-state index is 14.3. The number of halogens is 1. The minimum absolute atomic E-state index is 0.131. The van der Waals surface area contributed by atoms with Gasteiger partial charge in [0.25, 0.3) is 0 Å². The summed E-state index contributed by atoms with van der Waals surface area (Å²) in [6.45, 7) is 1.44. The number of carbonyl (C=O) groups excluding carboxylic acids is 1. The summed E-state index contributed by atoms with van der Waals surface area (Å²) in [5, 5.41) is 13.9. The van der Waals surface area contributed by atoms with E-state index in [0.717, 1.165) is 11.3 Å². The highest BCUT2D eigenvalue weighted by Crippen LogP contribution is 2.30. The minimum atomic E-state index is -0.286. The molecule has 0 aliphatic carbocycles. The Kier molecular flexibility index (Phi) is 5.26. The topological polar surface area (TPSA) is 96.7 Å². The van der Waals surface area contributed by atoms with Crippen LogP contribution in [0.4, 0.5) is 16.0 Å². The average molecular weight is 399 g/mol. The third-order valence-electron chi connectivity index (χ3n) is 4.76. The Bertz CT molecular complexity index is 1050. The van der Waals surface area contributed by atoms with Crippen molar-refractivity contribution in [2.45, 2.75) is 19.4 Å². The first-order valence-electron chi connectivity index (χ1n) is 9.33. The highest BCUT2D eigenvalue weighted by molar-refractivity contribution is 5.94. The number of aromatic nitrogens is 4. The summed E-state index contributed by atoms with van der Waals surface area (Å²) in [7, 11) is 3.81. The second-order valence-corrected chi connectivity index (χ2v) is 7.08. The van der Waals surface area contributed by atoms with E-state index in [1.54, 1.807) is 10.5 Å². The molecule has 3 heterocycles. The van der Waals surface area contributed by atoms with Crippen molar-refractivity contribution < 1.29 is 13.9 Å². The average Bonchev–Trinajstić information content (AvgIpc) is 3.36. The second-order valence-electron chi connectivity index (χ2n) is 7.08. The van der Waals surface area contributed by atoms with Crippen LogP contribution in [0.2, 0.25) is 0 Å². The molecule has 1 aromatic carbocycles. The van der Waals surface area contributed by atoms with E-state index in [2.05, 4.69) is 25.8 Å². The van der Waals surface area contributed by atoms with Gasteiger partial charge in [0.05, 0.1) is 12.8 Å². The lowest BCUT2D eigenvalue weighted by atomic mass is 10.0. The first kappa shape index (κ1) is 19.1. The van der Waals surface area contributed by atoms with Gasteiger partial charge in [-0.3, -0.25) is 4.79 Å². The van der Waals surface area contributed by atoms with Crippen LogP contribution in [0.15, 0.2) is 24.7 Å². The van der Waals surface area contributed by atoms with Crippen molar-refractivity contribution in [3.63, 3.8) is 0 Å². The van der Waals surface area contributed by atoms with Crippen molar-refractivity contribution in [1.82, 2.24) is 24.5 Å². The van der Waals surface area contributed by atoms with E-state index < -0.39 is 0 Å². The van der Waals surface area contributed by atoms with Crippen LogP contribution in [0.3, 0.4) is 0 Å². The summed E-state index contributed by atoms with van der Waals surface area (Å²) in [6, 6.07) is 3.07. The predicted molar refractivity (Wildman–Crippen MR) is 106 cm³/mol. The molecule has 29 heavy (non-hydrogen) atoms. The molecule has 0 radical (unpaired) electrons. The van der Waals surface area contributed by atoms with E-state index in [1.165, 1.54) is 18.6 Å². The maximum Gasteiger partial charge on any atom is 0.225 e. The Balaban J connectivity index is 1.52. The summed E-state index contributed by atoms with van der Waals surface area (Å²) in [6.07, 6.45) is 4.05. The molecule has 0 spiro atoms. The van der Waals surface area contributed by atoms with Gasteiger partial charge in [-0.1, -0.05) is 0 Å². The Morgan fingerprint density at radius 3 is 3.07 bits per heavy atom. The summed E-state index contributed by atoms with van der Waals surface area (Å²) < 4.78 is 21.5. The van der Waals surface area contributed by atoms with Crippen LogP contribution in [0, 0.1) is 5.82 Å². The summed E-state index contributed by atoms with van der Waals surface area (Å²) in [5.74, 6) is 0.758. The molecule has 1 amide bonds. The predicted octanol–water partition coefficient (Wildman–Crippen LogP) is 1.70. The Labute approximate surface area is 166 Å². The monoisotopic (exact) mass is 399 g/mol. The van der Waals surface area contributed by atoms with Gasteiger partial charge in [-0.25, -0.2) is 13.8 Å². The number of amides is 1. The third-order valence-corrected chi connectivity index (χ3v) is 4.76. The number of carbonyl (C=O) groups is 1. The van der Waals surface area contributed by atoms with Crippen molar-refractivity contribution in [3.05, 3.63) is 41.6 Å². The number of fused-ring (bicyclic) bond motifs is 2. The number of hydrogen-bond acceptors (Lipinski definition) is 7. The maximum atomic E-state index is 14.3. The standard InChI is InChI=1S/C19H22FN7O2/c1-26(2)7-5-17(28)24-15-10-22-19(27-11-23-25-18(15)27)21-9-13-12-6-8-29-16(12)4-3-14(13)20/h3-4,10-11H,5-9H2,1-2H3,(H,21,22)(H,24,28). The van der Waals surface area contributed by atoms with E-state index in [0.29, 0.717) is 48.8 Å². The zero-order valence-electron chi connectivity index (χ0n) is 16.3. The lowest BCUT2D eigenvalue weighted by Crippen LogP contribution is -2.21. The van der Waals surface area contributed by atoms with Gasteiger partial charge >= 0.3 is 0 Å². The van der Waals surface area contributed by atoms with Gasteiger partial charge in [-0.05, 0) is 26.2 Å². The molecule has 10 heteroatoms. The largest absolute Gasteiger partial charge is 0.493 e. The number of anilines is 2. The van der Waals surface area contributed by atoms with Crippen molar-refractivity contribution in [1.29, 1.82) is 0 Å². The van der Waals surface area contributed by atoms with E-state index in [9.17, 15) is 9.18 Å². The normalized spacial score (nSPS) is 12.8. The van der Waals surface area contributed by atoms with E-state index in [1.807, 2.05) is 19.0 Å². The Morgan fingerprint density at radius 2 is 2.24 bits per heavy atom. The summed E-state index contributed by atoms with van der Waals surface area (Å²) in [4.78, 5) is 18.4. The first-order valence-corrected chi connectivity index (χ1v) is 9.33. The molecule has 2 aromatic heterocycles. The summed E-state index contributed by atoms with van der Waals surface area (Å²) in [5.41, 5.74) is 2.37. The smallest absolute Gasteiger partial charge is 0.225 e. The van der Waals surface area contributed by atoms with Gasteiger partial charge in [-0.2, -0.15) is 0 Å². The quantitative estimate of drug-likeness (QED) is 0.624. The van der Waals surface area contributed by atoms with Crippen LogP contribution >= 0.6 is 0 Å². The number of nitrogens with one attached hydrogen (secondary N) is 2. The lowest BCUT2D eigenvalue weighted by molar-refractivity contribution is -0.116. The van der Waals surface area contributed by atoms with Gasteiger partial charge in [-0.15, -0.1) is 10.2 Å². The van der Waals surface area contributed by atoms with Crippen molar-refractivity contribution >= 4 is 23.2 Å². The summed E-state index contributed by atoms with van der Waals surface area (Å²) >= 11 is 0. The van der Waals surface area contributed by atoms with Crippen LogP contribution in [-0.4, -0.2) is 57.6 Å². The van der Waals surface area contributed by atoms with E-state index >= 15 is 0 Å². The Morgan fingerprint density at radius 1 is 1.38 bits per heavy atom. The number of hydrogen-bond donors (Lipinski definition) is 2. The third kappa shape index (κ3) is 3.97. The minimum Gasteiger partial charge on any atom is -0.493 e. The van der Waals surface area contributed by atoms with Crippen LogP contribution in [-0.2, 0) is 17.8 Å². The molecular formula is C19H22FN7O2. The zero-order valence-corrected chi connectivity index (χ0v) is 16.3. The van der Waals surface area contributed by atoms with Crippen molar-refractivity contribution in [3.8, 4) is 5.75 Å². The number of benzene rings is 1. The highest BCUT2D eigenvalue weighted by atomic mass is 19.1. The molecule has 0 bridgehead atoms. The molecule has 0 unspecified atom stereocenters. The van der Waals surface area contributed by atoms with Crippen LogP contribution in [0.1, 0.15) is 17.5 Å². The fourth-order valence-corrected chi connectivity index (χ4v) is 3.25. The van der Waals surface area contributed by atoms with Gasteiger partial charge in [0, 0.05) is 37.1 Å². The molecule has 4 rings (SSSR count).